The molecule has 0 radical (unpaired) electrons. The minimum atomic E-state index is -0.673. The molecule has 0 heterocycles. The summed E-state index contributed by atoms with van der Waals surface area (Å²) in [7, 11) is 1.52. The normalized spacial score (nSPS) is 10.2. The monoisotopic (exact) mass is 276 g/mol. The number of nitro benzene ring substituents is 1. The zero-order chi connectivity index (χ0) is 14.7. The average molecular weight is 276 g/mol. The molecule has 2 aromatic carbocycles. The van der Waals surface area contributed by atoms with Gasteiger partial charge in [0.25, 0.3) is 5.69 Å². The molecule has 0 aromatic heterocycles. The van der Waals surface area contributed by atoms with Crippen molar-refractivity contribution in [2.45, 2.75) is 6.92 Å². The SMILES string of the molecule is COc1ccc(C)cc1Nc1cc(F)cc([N+](=O)[O-])c1. The van der Waals surface area contributed by atoms with Crippen molar-refractivity contribution in [3.63, 3.8) is 0 Å². The fourth-order valence-corrected chi connectivity index (χ4v) is 1.83. The first kappa shape index (κ1) is 13.8. The zero-order valence-corrected chi connectivity index (χ0v) is 11.0. The first-order valence-corrected chi connectivity index (χ1v) is 5.86. The Hall–Kier alpha value is -2.63. The number of non-ortho nitro benzene ring substituents is 1. The Bertz CT molecular complexity index is 659. The van der Waals surface area contributed by atoms with Crippen LogP contribution in [0.2, 0.25) is 0 Å². The second-order valence-electron chi connectivity index (χ2n) is 4.28. The number of ether oxygens (including phenoxy) is 1. The second kappa shape index (κ2) is 5.56. The van der Waals surface area contributed by atoms with Crippen LogP contribution in [0.5, 0.6) is 5.75 Å². The highest BCUT2D eigenvalue weighted by Gasteiger charge is 2.11. The van der Waals surface area contributed by atoms with E-state index in [0.717, 1.165) is 11.6 Å². The summed E-state index contributed by atoms with van der Waals surface area (Å²) in [6.07, 6.45) is 0. The summed E-state index contributed by atoms with van der Waals surface area (Å²) in [5, 5.41) is 13.7. The van der Waals surface area contributed by atoms with Crippen molar-refractivity contribution in [1.82, 2.24) is 0 Å². The third kappa shape index (κ3) is 3.03. The van der Waals surface area contributed by atoms with Crippen LogP contribution in [0, 0.1) is 22.9 Å². The zero-order valence-electron chi connectivity index (χ0n) is 11.0. The quantitative estimate of drug-likeness (QED) is 0.681. The maximum Gasteiger partial charge on any atom is 0.274 e. The average Bonchev–Trinajstić information content (AvgIpc) is 2.38. The van der Waals surface area contributed by atoms with Crippen LogP contribution in [0.15, 0.2) is 36.4 Å². The number of benzene rings is 2. The first-order valence-electron chi connectivity index (χ1n) is 5.86. The van der Waals surface area contributed by atoms with Crippen molar-refractivity contribution in [3.05, 3.63) is 57.9 Å². The van der Waals surface area contributed by atoms with Gasteiger partial charge < -0.3 is 10.1 Å². The van der Waals surface area contributed by atoms with Gasteiger partial charge in [0.05, 0.1) is 23.8 Å². The second-order valence-corrected chi connectivity index (χ2v) is 4.28. The van der Waals surface area contributed by atoms with Gasteiger partial charge in [-0.15, -0.1) is 0 Å². The van der Waals surface area contributed by atoms with Gasteiger partial charge in [0.2, 0.25) is 0 Å². The van der Waals surface area contributed by atoms with E-state index in [1.807, 2.05) is 19.1 Å². The molecule has 0 atom stereocenters. The maximum absolute atomic E-state index is 13.4. The number of hydrogen-bond donors (Lipinski definition) is 1. The topological polar surface area (TPSA) is 64.4 Å². The highest BCUT2D eigenvalue weighted by Crippen LogP contribution is 2.30. The van der Waals surface area contributed by atoms with Crippen molar-refractivity contribution in [3.8, 4) is 5.75 Å². The molecule has 0 spiro atoms. The highest BCUT2D eigenvalue weighted by molar-refractivity contribution is 5.68. The lowest BCUT2D eigenvalue weighted by Gasteiger charge is -2.12. The van der Waals surface area contributed by atoms with Gasteiger partial charge >= 0.3 is 0 Å². The van der Waals surface area contributed by atoms with Crippen molar-refractivity contribution in [2.24, 2.45) is 0 Å². The molecule has 0 aliphatic heterocycles. The Kier molecular flexibility index (Phi) is 3.84. The van der Waals surface area contributed by atoms with Gasteiger partial charge in [0, 0.05) is 11.8 Å². The van der Waals surface area contributed by atoms with E-state index in [1.165, 1.54) is 19.2 Å². The summed E-state index contributed by atoms with van der Waals surface area (Å²) in [4.78, 5) is 10.1. The molecule has 0 aliphatic carbocycles. The van der Waals surface area contributed by atoms with Crippen LogP contribution in [0.3, 0.4) is 0 Å². The highest BCUT2D eigenvalue weighted by atomic mass is 19.1. The largest absolute Gasteiger partial charge is 0.495 e. The van der Waals surface area contributed by atoms with Crippen LogP contribution < -0.4 is 10.1 Å². The van der Waals surface area contributed by atoms with E-state index in [0.29, 0.717) is 17.1 Å². The predicted octanol–water partition coefficient (Wildman–Crippen LogP) is 3.79. The minimum Gasteiger partial charge on any atom is -0.495 e. The Balaban J connectivity index is 2.39. The summed E-state index contributed by atoms with van der Waals surface area (Å²) in [6.45, 7) is 1.90. The summed E-state index contributed by atoms with van der Waals surface area (Å²) in [6, 6.07) is 8.79. The molecule has 20 heavy (non-hydrogen) atoms. The molecule has 1 N–H and O–H groups in total. The number of nitrogens with zero attached hydrogens (tertiary/aromatic N) is 1. The molecule has 0 saturated heterocycles. The summed E-state index contributed by atoms with van der Waals surface area (Å²) < 4.78 is 18.6. The fraction of sp³-hybridized carbons (Fsp3) is 0.143. The van der Waals surface area contributed by atoms with E-state index >= 15 is 0 Å². The van der Waals surface area contributed by atoms with E-state index in [4.69, 9.17) is 4.74 Å². The molecule has 0 bridgehead atoms. The Morgan fingerprint density at radius 2 is 2.00 bits per heavy atom. The molecule has 2 aromatic rings. The standard InChI is InChI=1S/C14H13FN2O3/c1-9-3-4-14(20-2)13(5-9)16-11-6-10(15)7-12(8-11)17(18)19/h3-8,16H,1-2H3. The van der Waals surface area contributed by atoms with E-state index in [-0.39, 0.29) is 5.69 Å². The van der Waals surface area contributed by atoms with Crippen LogP contribution in [0.25, 0.3) is 0 Å². The summed E-state index contributed by atoms with van der Waals surface area (Å²) in [5.41, 5.74) is 1.59. The third-order valence-electron chi connectivity index (χ3n) is 2.73. The maximum atomic E-state index is 13.4. The lowest BCUT2D eigenvalue weighted by molar-refractivity contribution is -0.385. The number of halogens is 1. The van der Waals surface area contributed by atoms with Crippen LogP contribution in [-0.4, -0.2) is 12.0 Å². The summed E-state index contributed by atoms with van der Waals surface area (Å²) >= 11 is 0. The van der Waals surface area contributed by atoms with Crippen molar-refractivity contribution in [1.29, 1.82) is 0 Å². The molecule has 6 heteroatoms. The molecule has 0 amide bonds. The number of nitro groups is 1. The van der Waals surface area contributed by atoms with E-state index in [9.17, 15) is 14.5 Å². The number of nitrogens with one attached hydrogen (secondary N) is 1. The number of hydrogen-bond acceptors (Lipinski definition) is 4. The van der Waals surface area contributed by atoms with Gasteiger partial charge in [0.15, 0.2) is 0 Å². The van der Waals surface area contributed by atoms with E-state index < -0.39 is 10.7 Å². The van der Waals surface area contributed by atoms with Gasteiger partial charge in [-0.05, 0) is 30.7 Å². The van der Waals surface area contributed by atoms with Gasteiger partial charge in [-0.25, -0.2) is 4.39 Å². The number of aryl methyl sites for hydroxylation is 1. The number of anilines is 2. The van der Waals surface area contributed by atoms with Crippen molar-refractivity contribution >= 4 is 17.1 Å². The summed E-state index contributed by atoms with van der Waals surface area (Å²) in [5.74, 6) is -0.101. The smallest absolute Gasteiger partial charge is 0.274 e. The first-order chi connectivity index (χ1) is 9.49. The van der Waals surface area contributed by atoms with Gasteiger partial charge in [-0.1, -0.05) is 6.07 Å². The van der Waals surface area contributed by atoms with Gasteiger partial charge in [-0.2, -0.15) is 0 Å². The van der Waals surface area contributed by atoms with Crippen LogP contribution in [-0.2, 0) is 0 Å². The molecular weight excluding hydrogens is 263 g/mol. The molecular formula is C14H13FN2O3. The fourth-order valence-electron chi connectivity index (χ4n) is 1.83. The lowest BCUT2D eigenvalue weighted by atomic mass is 10.2. The lowest BCUT2D eigenvalue weighted by Crippen LogP contribution is -1.97. The Morgan fingerprint density at radius 1 is 1.25 bits per heavy atom. The molecule has 5 nitrogen and oxygen atoms in total. The Morgan fingerprint density at radius 3 is 2.65 bits per heavy atom. The Labute approximate surface area is 115 Å². The molecule has 0 aliphatic rings. The van der Waals surface area contributed by atoms with Gasteiger partial charge in [-0.3, -0.25) is 10.1 Å². The molecule has 0 saturated carbocycles. The molecule has 0 fully saturated rings. The number of rotatable bonds is 4. The predicted molar refractivity (Wildman–Crippen MR) is 74.1 cm³/mol. The van der Waals surface area contributed by atoms with Gasteiger partial charge in [0.1, 0.15) is 11.6 Å². The van der Waals surface area contributed by atoms with E-state index in [1.54, 1.807) is 6.07 Å². The number of methoxy groups -OCH3 is 1. The van der Waals surface area contributed by atoms with Crippen LogP contribution in [0.1, 0.15) is 5.56 Å². The molecule has 104 valence electrons. The van der Waals surface area contributed by atoms with E-state index in [2.05, 4.69) is 5.32 Å². The van der Waals surface area contributed by atoms with Crippen molar-refractivity contribution < 1.29 is 14.1 Å². The molecule has 0 unspecified atom stereocenters. The van der Waals surface area contributed by atoms with Crippen LogP contribution >= 0.6 is 0 Å². The third-order valence-corrected chi connectivity index (χ3v) is 2.73. The molecule has 2 rings (SSSR count). The minimum absolute atomic E-state index is 0.292. The van der Waals surface area contributed by atoms with Crippen molar-refractivity contribution in [2.75, 3.05) is 12.4 Å². The van der Waals surface area contributed by atoms with Crippen LogP contribution in [0.4, 0.5) is 21.5 Å².